The average molecular weight is 294 g/mol. The number of carbonyl (C=O) groups is 1. The zero-order chi connectivity index (χ0) is 13.6. The fourth-order valence-electron chi connectivity index (χ4n) is 2.81. The molecule has 2 aromatic rings. The van der Waals surface area contributed by atoms with E-state index in [0.29, 0.717) is 12.8 Å². The molecule has 1 aliphatic carbocycles. The quantitative estimate of drug-likeness (QED) is 0.925. The van der Waals surface area contributed by atoms with Crippen molar-refractivity contribution in [1.82, 2.24) is 4.98 Å². The van der Waals surface area contributed by atoms with Crippen molar-refractivity contribution in [2.45, 2.75) is 19.8 Å². The fourth-order valence-corrected chi connectivity index (χ4v) is 2.81. The number of aryl methyl sites for hydroxylation is 1. The van der Waals surface area contributed by atoms with Crippen LogP contribution in [0.5, 0.6) is 5.75 Å². The minimum Gasteiger partial charge on any atom is -0.497 e. The number of pyridine rings is 1. The summed E-state index contributed by atoms with van der Waals surface area (Å²) in [6, 6.07) is 5.80. The summed E-state index contributed by atoms with van der Waals surface area (Å²) in [5, 5.41) is 10.2. The Bertz CT molecular complexity index is 684. The third kappa shape index (κ3) is 2.20. The van der Waals surface area contributed by atoms with E-state index in [1.807, 2.05) is 25.1 Å². The topological polar surface area (TPSA) is 59.4 Å². The van der Waals surface area contributed by atoms with Gasteiger partial charge in [-0.1, -0.05) is 0 Å². The van der Waals surface area contributed by atoms with E-state index in [9.17, 15) is 4.79 Å². The van der Waals surface area contributed by atoms with Gasteiger partial charge in [-0.3, -0.25) is 9.78 Å². The lowest BCUT2D eigenvalue weighted by Gasteiger charge is -2.09. The van der Waals surface area contributed by atoms with Crippen molar-refractivity contribution in [2.75, 3.05) is 7.11 Å². The van der Waals surface area contributed by atoms with E-state index in [2.05, 4.69) is 4.98 Å². The highest BCUT2D eigenvalue weighted by Crippen LogP contribution is 2.33. The van der Waals surface area contributed by atoms with Gasteiger partial charge in [0.05, 0.1) is 18.5 Å². The molecule has 0 saturated heterocycles. The van der Waals surface area contributed by atoms with Gasteiger partial charge in [-0.15, -0.1) is 12.4 Å². The van der Waals surface area contributed by atoms with Crippen LogP contribution < -0.4 is 4.74 Å². The van der Waals surface area contributed by atoms with Crippen LogP contribution in [0.3, 0.4) is 0 Å². The summed E-state index contributed by atoms with van der Waals surface area (Å²) >= 11 is 0. The first kappa shape index (κ1) is 14.6. The van der Waals surface area contributed by atoms with E-state index < -0.39 is 5.97 Å². The Labute approximate surface area is 123 Å². The number of benzene rings is 1. The van der Waals surface area contributed by atoms with Gasteiger partial charge in [0.1, 0.15) is 5.75 Å². The van der Waals surface area contributed by atoms with Crippen LogP contribution >= 0.6 is 12.4 Å². The molecule has 3 rings (SSSR count). The third-order valence-electron chi connectivity index (χ3n) is 3.90. The van der Waals surface area contributed by atoms with Crippen molar-refractivity contribution in [3.63, 3.8) is 0 Å². The Hall–Kier alpha value is -1.81. The predicted octanol–water partition coefficient (Wildman–Crippen LogP) is 2.77. The van der Waals surface area contributed by atoms with Crippen molar-refractivity contribution in [3.8, 4) is 5.75 Å². The standard InChI is InChI=1S/C15H15NO3.ClH/c1-8-11-4-3-10(19-2)7-14(11)16-13-6-9(15(17)18)5-12(8)13;/h3-4,7,9H,5-6H2,1-2H3,(H,17,18);1H. The normalized spacial score (nSPS) is 16.6. The Balaban J connectivity index is 0.00000147. The van der Waals surface area contributed by atoms with E-state index in [0.717, 1.165) is 33.5 Å². The summed E-state index contributed by atoms with van der Waals surface area (Å²) < 4.78 is 5.21. The van der Waals surface area contributed by atoms with Crippen LogP contribution in [0.4, 0.5) is 0 Å². The highest BCUT2D eigenvalue weighted by Gasteiger charge is 2.30. The zero-order valence-electron chi connectivity index (χ0n) is 11.3. The van der Waals surface area contributed by atoms with Gasteiger partial charge in [-0.2, -0.15) is 0 Å². The predicted molar refractivity (Wildman–Crippen MR) is 78.8 cm³/mol. The molecule has 0 fully saturated rings. The van der Waals surface area contributed by atoms with Gasteiger partial charge < -0.3 is 9.84 Å². The maximum atomic E-state index is 11.1. The smallest absolute Gasteiger partial charge is 0.307 e. The number of fused-ring (bicyclic) bond motifs is 2. The number of ether oxygens (including phenoxy) is 1. The number of hydrogen-bond acceptors (Lipinski definition) is 3. The number of aromatic nitrogens is 1. The molecule has 4 nitrogen and oxygen atoms in total. The van der Waals surface area contributed by atoms with Crippen LogP contribution in [-0.2, 0) is 17.6 Å². The van der Waals surface area contributed by atoms with Gasteiger partial charge in [0, 0.05) is 23.6 Å². The molecular weight excluding hydrogens is 278 g/mol. The lowest BCUT2D eigenvalue weighted by Crippen LogP contribution is -2.13. The van der Waals surface area contributed by atoms with Crippen LogP contribution in [-0.4, -0.2) is 23.2 Å². The van der Waals surface area contributed by atoms with Crippen molar-refractivity contribution < 1.29 is 14.6 Å². The van der Waals surface area contributed by atoms with Crippen molar-refractivity contribution in [3.05, 3.63) is 35.0 Å². The highest BCUT2D eigenvalue weighted by molar-refractivity contribution is 5.86. The number of carboxylic acids is 1. The Morgan fingerprint density at radius 1 is 1.40 bits per heavy atom. The Morgan fingerprint density at radius 2 is 2.15 bits per heavy atom. The molecule has 0 amide bonds. The average Bonchev–Trinajstić information content (AvgIpc) is 2.82. The minimum absolute atomic E-state index is 0. The molecule has 0 saturated carbocycles. The molecule has 1 N–H and O–H groups in total. The summed E-state index contributed by atoms with van der Waals surface area (Å²) in [6.07, 6.45) is 1.12. The number of carboxylic acid groups (broad SMARTS) is 1. The molecule has 106 valence electrons. The molecule has 1 heterocycles. The van der Waals surface area contributed by atoms with E-state index in [1.54, 1.807) is 7.11 Å². The highest BCUT2D eigenvalue weighted by atomic mass is 35.5. The second-order valence-corrected chi connectivity index (χ2v) is 4.99. The summed E-state index contributed by atoms with van der Waals surface area (Å²) in [6.45, 7) is 2.04. The molecule has 0 spiro atoms. The molecule has 5 heteroatoms. The second-order valence-electron chi connectivity index (χ2n) is 4.99. The SMILES string of the molecule is COc1ccc2c(C)c3c(nc2c1)CC(C(=O)O)C3.Cl. The molecule has 1 aromatic heterocycles. The Kier molecular flexibility index (Phi) is 3.86. The van der Waals surface area contributed by atoms with Gasteiger partial charge in [0.25, 0.3) is 0 Å². The number of methoxy groups -OCH3 is 1. The third-order valence-corrected chi connectivity index (χ3v) is 3.90. The molecule has 0 radical (unpaired) electrons. The van der Waals surface area contributed by atoms with Crippen LogP contribution in [0.25, 0.3) is 10.9 Å². The van der Waals surface area contributed by atoms with Gasteiger partial charge in [0.2, 0.25) is 0 Å². The summed E-state index contributed by atoms with van der Waals surface area (Å²) in [7, 11) is 1.63. The lowest BCUT2D eigenvalue weighted by atomic mass is 10.0. The van der Waals surface area contributed by atoms with Crippen molar-refractivity contribution in [2.24, 2.45) is 5.92 Å². The second kappa shape index (κ2) is 5.29. The van der Waals surface area contributed by atoms with E-state index in [1.165, 1.54) is 0 Å². The van der Waals surface area contributed by atoms with E-state index in [-0.39, 0.29) is 18.3 Å². The first-order valence-corrected chi connectivity index (χ1v) is 6.29. The maximum absolute atomic E-state index is 11.1. The summed E-state index contributed by atoms with van der Waals surface area (Å²) in [5.74, 6) is -0.300. The summed E-state index contributed by atoms with van der Waals surface area (Å²) in [5.41, 5.74) is 4.05. The Morgan fingerprint density at radius 3 is 2.80 bits per heavy atom. The first-order chi connectivity index (χ1) is 9.10. The molecule has 0 aliphatic heterocycles. The molecule has 1 aliphatic rings. The van der Waals surface area contributed by atoms with Gasteiger partial charge in [0.15, 0.2) is 0 Å². The van der Waals surface area contributed by atoms with Crippen LogP contribution in [0.1, 0.15) is 16.8 Å². The van der Waals surface area contributed by atoms with Crippen LogP contribution in [0.15, 0.2) is 18.2 Å². The number of aliphatic carboxylic acids is 1. The maximum Gasteiger partial charge on any atom is 0.307 e. The van der Waals surface area contributed by atoms with Crippen LogP contribution in [0, 0.1) is 12.8 Å². The molecule has 1 unspecified atom stereocenters. The molecule has 0 bridgehead atoms. The summed E-state index contributed by atoms with van der Waals surface area (Å²) in [4.78, 5) is 15.7. The number of nitrogens with zero attached hydrogens (tertiary/aromatic N) is 1. The van der Waals surface area contributed by atoms with E-state index >= 15 is 0 Å². The monoisotopic (exact) mass is 293 g/mol. The molecule has 1 atom stereocenters. The largest absolute Gasteiger partial charge is 0.497 e. The van der Waals surface area contributed by atoms with E-state index in [4.69, 9.17) is 9.84 Å². The molecule has 1 aromatic carbocycles. The van der Waals surface area contributed by atoms with Gasteiger partial charge in [-0.25, -0.2) is 0 Å². The lowest BCUT2D eigenvalue weighted by molar-refractivity contribution is -0.141. The number of halogens is 1. The minimum atomic E-state index is -0.737. The van der Waals surface area contributed by atoms with Crippen molar-refractivity contribution in [1.29, 1.82) is 0 Å². The zero-order valence-corrected chi connectivity index (χ0v) is 12.2. The molecular formula is C15H16ClNO3. The van der Waals surface area contributed by atoms with Gasteiger partial charge >= 0.3 is 5.97 Å². The van der Waals surface area contributed by atoms with Gasteiger partial charge in [-0.05, 0) is 36.6 Å². The molecule has 20 heavy (non-hydrogen) atoms. The number of rotatable bonds is 2. The van der Waals surface area contributed by atoms with Crippen LogP contribution in [0.2, 0.25) is 0 Å². The first-order valence-electron chi connectivity index (χ1n) is 6.29. The number of hydrogen-bond donors (Lipinski definition) is 1. The van der Waals surface area contributed by atoms with Crippen molar-refractivity contribution >= 4 is 29.3 Å². The fraction of sp³-hybridized carbons (Fsp3) is 0.333.